The molecule has 3 nitrogen and oxygen atoms in total. The molecule has 3 heteroatoms. The number of likely N-dealkylation sites (N-methyl/N-ethyl adjacent to an activating group) is 1. The Kier molecular flexibility index (Phi) is 4.15. The molecule has 0 amide bonds. The van der Waals surface area contributed by atoms with Crippen molar-refractivity contribution in [1.29, 1.82) is 0 Å². The number of para-hydroxylation sites is 1. The summed E-state index contributed by atoms with van der Waals surface area (Å²) in [6, 6.07) is 10.2. The molecule has 1 unspecified atom stereocenters. The van der Waals surface area contributed by atoms with Crippen LogP contribution in [0.4, 0.5) is 0 Å². The Bertz CT molecular complexity index is 497. The maximum Gasteiger partial charge on any atom is 0.149 e. The average Bonchev–Trinajstić information content (AvgIpc) is 2.79. The predicted molar refractivity (Wildman–Crippen MR) is 74.8 cm³/mol. The molecule has 0 aliphatic heterocycles. The van der Waals surface area contributed by atoms with Crippen LogP contribution in [0, 0.1) is 0 Å². The minimum absolute atomic E-state index is 0.0759. The van der Waals surface area contributed by atoms with E-state index in [0.717, 1.165) is 24.2 Å². The lowest BCUT2D eigenvalue weighted by Crippen LogP contribution is -2.38. The first kappa shape index (κ1) is 12.8. The molecule has 96 valence electrons. The van der Waals surface area contributed by atoms with Gasteiger partial charge in [-0.05, 0) is 24.1 Å². The first-order valence-electron chi connectivity index (χ1n) is 6.57. The number of nitrogens with one attached hydrogen (secondary N) is 2. The van der Waals surface area contributed by atoms with Crippen molar-refractivity contribution < 1.29 is 4.79 Å². The molecule has 1 atom stereocenters. The number of ketones is 1. The van der Waals surface area contributed by atoms with Crippen LogP contribution in [-0.2, 0) is 11.2 Å². The topological polar surface area (TPSA) is 44.9 Å². The molecule has 0 spiro atoms. The molecule has 2 aromatic rings. The largest absolute Gasteiger partial charge is 0.358 e. The van der Waals surface area contributed by atoms with Crippen LogP contribution in [0.15, 0.2) is 30.3 Å². The lowest BCUT2D eigenvalue weighted by Gasteiger charge is -2.14. The second-order valence-corrected chi connectivity index (χ2v) is 4.52. The van der Waals surface area contributed by atoms with Crippen molar-refractivity contribution in [3.63, 3.8) is 0 Å². The minimum Gasteiger partial charge on any atom is -0.358 e. The van der Waals surface area contributed by atoms with E-state index in [4.69, 9.17) is 0 Å². The fraction of sp³-hybridized carbons (Fsp3) is 0.400. The van der Waals surface area contributed by atoms with Crippen molar-refractivity contribution in [2.45, 2.75) is 32.7 Å². The SMILES string of the molecule is CCNC(Cc1cc2ccccc2[nH]1)C(=O)CC. The Morgan fingerprint density at radius 1 is 1.33 bits per heavy atom. The number of hydrogen-bond donors (Lipinski definition) is 2. The maximum absolute atomic E-state index is 11.8. The second-order valence-electron chi connectivity index (χ2n) is 4.52. The fourth-order valence-corrected chi connectivity index (χ4v) is 2.26. The highest BCUT2D eigenvalue weighted by atomic mass is 16.1. The molecule has 1 aromatic carbocycles. The molecule has 0 saturated carbocycles. The van der Waals surface area contributed by atoms with E-state index in [2.05, 4.69) is 28.5 Å². The van der Waals surface area contributed by atoms with Crippen molar-refractivity contribution in [3.05, 3.63) is 36.0 Å². The van der Waals surface area contributed by atoms with Crippen LogP contribution in [0.5, 0.6) is 0 Å². The number of hydrogen-bond acceptors (Lipinski definition) is 2. The average molecular weight is 244 g/mol. The Labute approximate surface area is 108 Å². The van der Waals surface area contributed by atoms with Crippen molar-refractivity contribution in [3.8, 4) is 0 Å². The number of fused-ring (bicyclic) bond motifs is 1. The van der Waals surface area contributed by atoms with Crippen LogP contribution < -0.4 is 5.32 Å². The number of aromatic nitrogens is 1. The number of benzene rings is 1. The van der Waals surface area contributed by atoms with Crippen LogP contribution in [0.1, 0.15) is 26.0 Å². The number of rotatable bonds is 6. The van der Waals surface area contributed by atoms with Crippen molar-refractivity contribution in [2.24, 2.45) is 0 Å². The Morgan fingerprint density at radius 2 is 2.11 bits per heavy atom. The standard InChI is InChI=1S/C15H20N2O/c1-3-15(18)14(16-4-2)10-12-9-11-7-5-6-8-13(11)17-12/h5-9,14,16-17H,3-4,10H2,1-2H3. The molecule has 0 bridgehead atoms. The van der Waals surface area contributed by atoms with Gasteiger partial charge in [-0.2, -0.15) is 0 Å². The van der Waals surface area contributed by atoms with Crippen LogP contribution in [-0.4, -0.2) is 23.4 Å². The quantitative estimate of drug-likeness (QED) is 0.820. The van der Waals surface area contributed by atoms with E-state index in [1.807, 2.05) is 26.0 Å². The van der Waals surface area contributed by atoms with E-state index in [9.17, 15) is 4.79 Å². The first-order valence-corrected chi connectivity index (χ1v) is 6.57. The Balaban J connectivity index is 2.17. The second kappa shape index (κ2) is 5.83. The van der Waals surface area contributed by atoms with Gasteiger partial charge >= 0.3 is 0 Å². The van der Waals surface area contributed by atoms with Crippen LogP contribution in [0.3, 0.4) is 0 Å². The molecular formula is C15H20N2O. The van der Waals surface area contributed by atoms with Gasteiger partial charge in [0.2, 0.25) is 0 Å². The zero-order chi connectivity index (χ0) is 13.0. The molecule has 0 radical (unpaired) electrons. The zero-order valence-electron chi connectivity index (χ0n) is 11.0. The minimum atomic E-state index is -0.0759. The number of carbonyl (C=O) groups excluding carboxylic acids is 1. The van der Waals surface area contributed by atoms with Gasteiger partial charge < -0.3 is 10.3 Å². The van der Waals surface area contributed by atoms with Crippen molar-refractivity contribution >= 4 is 16.7 Å². The van der Waals surface area contributed by atoms with E-state index in [-0.39, 0.29) is 11.8 Å². The predicted octanol–water partition coefficient (Wildman–Crippen LogP) is 2.67. The van der Waals surface area contributed by atoms with Crippen LogP contribution in [0.25, 0.3) is 10.9 Å². The van der Waals surface area contributed by atoms with Gasteiger partial charge in [-0.15, -0.1) is 0 Å². The zero-order valence-corrected chi connectivity index (χ0v) is 11.0. The monoisotopic (exact) mass is 244 g/mol. The summed E-state index contributed by atoms with van der Waals surface area (Å²) < 4.78 is 0. The summed E-state index contributed by atoms with van der Waals surface area (Å²) >= 11 is 0. The highest BCUT2D eigenvalue weighted by Gasteiger charge is 2.16. The molecular weight excluding hydrogens is 224 g/mol. The number of Topliss-reactive ketones (excluding diaryl/α,β-unsaturated/α-hetero) is 1. The summed E-state index contributed by atoms with van der Waals surface area (Å²) in [6.07, 6.45) is 1.31. The van der Waals surface area contributed by atoms with Gasteiger partial charge in [-0.25, -0.2) is 0 Å². The first-order chi connectivity index (χ1) is 8.74. The molecule has 1 heterocycles. The van der Waals surface area contributed by atoms with Gasteiger partial charge in [0.25, 0.3) is 0 Å². The number of carbonyl (C=O) groups is 1. The smallest absolute Gasteiger partial charge is 0.149 e. The third-order valence-electron chi connectivity index (χ3n) is 3.20. The van der Waals surface area contributed by atoms with E-state index in [1.165, 1.54) is 5.39 Å². The van der Waals surface area contributed by atoms with Crippen LogP contribution >= 0.6 is 0 Å². The highest BCUT2D eigenvalue weighted by molar-refractivity contribution is 5.85. The number of H-pyrrole nitrogens is 1. The molecule has 18 heavy (non-hydrogen) atoms. The molecule has 0 aliphatic rings. The molecule has 0 fully saturated rings. The van der Waals surface area contributed by atoms with Gasteiger partial charge in [0.05, 0.1) is 6.04 Å². The Morgan fingerprint density at radius 3 is 2.78 bits per heavy atom. The van der Waals surface area contributed by atoms with Gasteiger partial charge in [0, 0.05) is 24.1 Å². The molecule has 1 aromatic heterocycles. The van der Waals surface area contributed by atoms with Gasteiger partial charge in [-0.3, -0.25) is 4.79 Å². The highest BCUT2D eigenvalue weighted by Crippen LogP contribution is 2.16. The molecule has 2 N–H and O–H groups in total. The lowest BCUT2D eigenvalue weighted by atomic mass is 10.0. The van der Waals surface area contributed by atoms with E-state index >= 15 is 0 Å². The normalized spacial score (nSPS) is 12.8. The maximum atomic E-state index is 11.8. The fourth-order valence-electron chi connectivity index (χ4n) is 2.26. The van der Waals surface area contributed by atoms with E-state index in [0.29, 0.717) is 6.42 Å². The Hall–Kier alpha value is -1.61. The molecule has 0 aliphatic carbocycles. The van der Waals surface area contributed by atoms with Crippen LogP contribution in [0.2, 0.25) is 0 Å². The van der Waals surface area contributed by atoms with Gasteiger partial charge in [0.1, 0.15) is 5.78 Å². The summed E-state index contributed by atoms with van der Waals surface area (Å²) in [5.41, 5.74) is 2.25. The summed E-state index contributed by atoms with van der Waals surface area (Å²) in [4.78, 5) is 15.2. The van der Waals surface area contributed by atoms with Crippen molar-refractivity contribution in [1.82, 2.24) is 10.3 Å². The summed E-state index contributed by atoms with van der Waals surface area (Å²) in [6.45, 7) is 4.76. The summed E-state index contributed by atoms with van der Waals surface area (Å²) in [7, 11) is 0. The molecule has 2 rings (SSSR count). The van der Waals surface area contributed by atoms with Gasteiger partial charge in [0.15, 0.2) is 0 Å². The summed E-state index contributed by atoms with van der Waals surface area (Å²) in [5, 5.41) is 4.46. The lowest BCUT2D eigenvalue weighted by molar-refractivity contribution is -0.120. The van der Waals surface area contributed by atoms with Gasteiger partial charge in [-0.1, -0.05) is 32.0 Å². The molecule has 0 saturated heterocycles. The third kappa shape index (κ3) is 2.79. The van der Waals surface area contributed by atoms with Crippen molar-refractivity contribution in [2.75, 3.05) is 6.54 Å². The van der Waals surface area contributed by atoms with E-state index in [1.54, 1.807) is 0 Å². The third-order valence-corrected chi connectivity index (χ3v) is 3.20. The number of aromatic amines is 1. The van der Waals surface area contributed by atoms with E-state index < -0.39 is 0 Å². The summed E-state index contributed by atoms with van der Waals surface area (Å²) in [5.74, 6) is 0.274.